The van der Waals surface area contributed by atoms with Crippen molar-refractivity contribution in [2.24, 2.45) is 0 Å². The average molecular weight is 410 g/mol. The quantitative estimate of drug-likeness (QED) is 0.741. The Morgan fingerprint density at radius 2 is 2.07 bits per heavy atom. The van der Waals surface area contributed by atoms with E-state index in [0.717, 1.165) is 63.3 Å². The molecule has 1 unspecified atom stereocenters. The predicted molar refractivity (Wildman–Crippen MR) is 106 cm³/mol. The van der Waals surface area contributed by atoms with E-state index in [1.54, 1.807) is 0 Å². The molecule has 0 spiro atoms. The summed E-state index contributed by atoms with van der Waals surface area (Å²) in [4.78, 5) is 1.31. The molecule has 1 aromatic heterocycles. The Bertz CT molecular complexity index is 829. The molecule has 8 heteroatoms. The summed E-state index contributed by atoms with van der Waals surface area (Å²) in [5, 5.41) is 15.5. The minimum Gasteiger partial charge on any atom is -0.387 e. The highest BCUT2D eigenvalue weighted by Gasteiger charge is 2.24. The van der Waals surface area contributed by atoms with E-state index in [-0.39, 0.29) is 12.2 Å². The number of likely N-dealkylation sites (tertiary alicyclic amines) is 1. The number of aliphatic hydroxyl groups excluding tert-OH is 1. The molecule has 2 aliphatic rings. The molecular formula is C19H26ClN4O2S+. The van der Waals surface area contributed by atoms with Crippen LogP contribution < -0.4 is 4.90 Å². The predicted octanol–water partition coefficient (Wildman–Crippen LogP) is 1.91. The van der Waals surface area contributed by atoms with Crippen LogP contribution in [0.1, 0.15) is 25.7 Å². The molecular weight excluding hydrogens is 384 g/mol. The van der Waals surface area contributed by atoms with Gasteiger partial charge in [0.1, 0.15) is 12.6 Å². The lowest BCUT2D eigenvalue weighted by atomic mass is 10.1. The Balaban J connectivity index is 1.65. The summed E-state index contributed by atoms with van der Waals surface area (Å²) in [7, 11) is 0. The fourth-order valence-electron chi connectivity index (χ4n) is 3.99. The van der Waals surface area contributed by atoms with E-state index < -0.39 is 0 Å². The van der Waals surface area contributed by atoms with E-state index in [0.29, 0.717) is 16.5 Å². The molecule has 27 heavy (non-hydrogen) atoms. The first-order chi connectivity index (χ1) is 13.1. The second-order valence-electron chi connectivity index (χ2n) is 7.52. The van der Waals surface area contributed by atoms with Crippen molar-refractivity contribution >= 4 is 23.8 Å². The highest BCUT2D eigenvalue weighted by molar-refractivity contribution is 7.71. The fourth-order valence-corrected chi connectivity index (χ4v) is 4.39. The van der Waals surface area contributed by atoms with E-state index in [1.807, 2.05) is 28.9 Å². The number of aromatic nitrogens is 3. The van der Waals surface area contributed by atoms with Gasteiger partial charge in [0, 0.05) is 17.2 Å². The van der Waals surface area contributed by atoms with E-state index in [2.05, 4.69) is 4.57 Å². The topological polar surface area (TPSA) is 56.7 Å². The van der Waals surface area contributed by atoms with Crippen molar-refractivity contribution in [1.82, 2.24) is 14.3 Å². The van der Waals surface area contributed by atoms with Gasteiger partial charge >= 0.3 is 0 Å². The van der Waals surface area contributed by atoms with E-state index >= 15 is 0 Å². The first-order valence-corrected chi connectivity index (χ1v) is 10.5. The van der Waals surface area contributed by atoms with Crippen LogP contribution in [0.3, 0.4) is 0 Å². The minimum absolute atomic E-state index is 0.185. The summed E-state index contributed by atoms with van der Waals surface area (Å²) < 4.78 is 10.5. The number of halogens is 1. The zero-order valence-corrected chi connectivity index (χ0v) is 16.9. The normalized spacial score (nSPS) is 25.8. The lowest BCUT2D eigenvalue weighted by Crippen LogP contribution is -3.13. The lowest BCUT2D eigenvalue weighted by molar-refractivity contribution is -0.931. The molecule has 0 bridgehead atoms. The average Bonchev–Trinajstić information content (AvgIpc) is 3.27. The minimum atomic E-state index is -0.229. The van der Waals surface area contributed by atoms with Crippen molar-refractivity contribution in [2.75, 3.05) is 19.7 Å². The number of rotatable bonds is 5. The van der Waals surface area contributed by atoms with Gasteiger partial charge in [0.2, 0.25) is 4.77 Å². The monoisotopic (exact) mass is 409 g/mol. The SMILES string of the molecule is O[C@H]1CCC[NH+](Cn2nc(-c3ccc(Cl)cc3)n(C[C@@H]3CCCO3)c2=S)C1. The van der Waals surface area contributed by atoms with Gasteiger partial charge in [-0.2, -0.15) is 4.68 Å². The zero-order chi connectivity index (χ0) is 18.8. The standard InChI is InChI=1S/C19H25ClN4O2S/c20-15-7-5-14(6-8-15)18-21-24(13-22-9-1-3-16(25)11-22)19(27)23(18)12-17-4-2-10-26-17/h5-8,16-17,25H,1-4,9-13H2/p+1/t16-,17-/m0/s1. The number of aliphatic hydroxyl groups is 1. The van der Waals surface area contributed by atoms with Crippen LogP contribution in [0, 0.1) is 4.77 Å². The molecule has 3 atom stereocenters. The van der Waals surface area contributed by atoms with Crippen molar-refractivity contribution in [1.29, 1.82) is 0 Å². The molecule has 2 saturated heterocycles. The number of benzene rings is 1. The Labute approximate surface area is 169 Å². The second-order valence-corrected chi connectivity index (χ2v) is 8.32. The maximum Gasteiger partial charge on any atom is 0.203 e. The number of hydrogen-bond acceptors (Lipinski definition) is 4. The largest absolute Gasteiger partial charge is 0.387 e. The number of piperidine rings is 1. The van der Waals surface area contributed by atoms with Gasteiger partial charge in [0.05, 0.1) is 19.2 Å². The first-order valence-electron chi connectivity index (χ1n) is 9.67. The van der Waals surface area contributed by atoms with Crippen LogP contribution >= 0.6 is 23.8 Å². The van der Waals surface area contributed by atoms with Crippen molar-refractivity contribution in [3.05, 3.63) is 34.1 Å². The first kappa shape index (κ1) is 19.1. The lowest BCUT2D eigenvalue weighted by Gasteiger charge is -2.26. The molecule has 2 aromatic rings. The van der Waals surface area contributed by atoms with E-state index in [1.165, 1.54) is 4.90 Å². The van der Waals surface area contributed by atoms with Crippen molar-refractivity contribution in [3.8, 4) is 11.4 Å². The molecule has 0 radical (unpaired) electrons. The molecule has 0 saturated carbocycles. The molecule has 6 nitrogen and oxygen atoms in total. The van der Waals surface area contributed by atoms with Crippen LogP contribution in [0.25, 0.3) is 11.4 Å². The number of nitrogens with one attached hydrogen (secondary N) is 1. The summed E-state index contributed by atoms with van der Waals surface area (Å²) in [6.07, 6.45) is 4.02. The fraction of sp³-hybridized carbons (Fsp3) is 0.579. The number of nitrogens with zero attached hydrogens (tertiary/aromatic N) is 3. The molecule has 2 aliphatic heterocycles. The van der Waals surface area contributed by atoms with Gasteiger partial charge in [-0.1, -0.05) is 11.6 Å². The van der Waals surface area contributed by atoms with E-state index in [9.17, 15) is 5.11 Å². The molecule has 0 amide bonds. The summed E-state index contributed by atoms with van der Waals surface area (Å²) in [5.41, 5.74) is 0.996. The molecule has 2 fully saturated rings. The summed E-state index contributed by atoms with van der Waals surface area (Å²) in [6, 6.07) is 7.71. The molecule has 1 aromatic carbocycles. The molecule has 2 N–H and O–H groups in total. The Kier molecular flexibility index (Phi) is 5.94. The van der Waals surface area contributed by atoms with Crippen molar-refractivity contribution in [3.63, 3.8) is 0 Å². The number of ether oxygens (including phenoxy) is 1. The third-order valence-electron chi connectivity index (χ3n) is 5.40. The Hall–Kier alpha value is -1.25. The number of quaternary nitrogens is 1. The third kappa shape index (κ3) is 4.43. The maximum absolute atomic E-state index is 9.97. The molecule has 0 aliphatic carbocycles. The van der Waals surface area contributed by atoms with Gasteiger partial charge in [0.15, 0.2) is 12.5 Å². The van der Waals surface area contributed by atoms with Crippen LogP contribution in [0.2, 0.25) is 5.02 Å². The van der Waals surface area contributed by atoms with Gasteiger partial charge in [-0.25, -0.2) is 0 Å². The second kappa shape index (κ2) is 8.41. The van der Waals surface area contributed by atoms with Crippen LogP contribution in [0.15, 0.2) is 24.3 Å². The van der Waals surface area contributed by atoms with Crippen LogP contribution in [0.4, 0.5) is 0 Å². The Morgan fingerprint density at radius 1 is 1.26 bits per heavy atom. The van der Waals surface area contributed by atoms with Crippen LogP contribution in [0.5, 0.6) is 0 Å². The maximum atomic E-state index is 9.97. The van der Waals surface area contributed by atoms with Crippen molar-refractivity contribution in [2.45, 2.75) is 51.1 Å². The van der Waals surface area contributed by atoms with Gasteiger partial charge in [-0.15, -0.1) is 5.10 Å². The summed E-state index contributed by atoms with van der Waals surface area (Å²) in [6.45, 7) is 3.99. The molecule has 4 rings (SSSR count). The Morgan fingerprint density at radius 3 is 2.78 bits per heavy atom. The number of hydrogen-bond donors (Lipinski definition) is 2. The van der Waals surface area contributed by atoms with Gasteiger partial charge in [-0.3, -0.25) is 4.57 Å². The third-order valence-corrected chi connectivity index (χ3v) is 6.08. The highest BCUT2D eigenvalue weighted by Crippen LogP contribution is 2.23. The van der Waals surface area contributed by atoms with Crippen molar-refractivity contribution < 1.29 is 14.7 Å². The molecule has 3 heterocycles. The van der Waals surface area contributed by atoms with Crippen LogP contribution in [-0.4, -0.2) is 51.4 Å². The van der Waals surface area contributed by atoms with Gasteiger partial charge < -0.3 is 14.7 Å². The van der Waals surface area contributed by atoms with Crippen LogP contribution in [-0.2, 0) is 18.0 Å². The zero-order valence-electron chi connectivity index (χ0n) is 15.3. The van der Waals surface area contributed by atoms with Gasteiger partial charge in [0.25, 0.3) is 0 Å². The molecule has 146 valence electrons. The van der Waals surface area contributed by atoms with Gasteiger partial charge in [-0.05, 0) is 62.2 Å². The van der Waals surface area contributed by atoms with E-state index in [4.69, 9.17) is 33.7 Å². The summed E-state index contributed by atoms with van der Waals surface area (Å²) in [5.74, 6) is 0.851. The summed E-state index contributed by atoms with van der Waals surface area (Å²) >= 11 is 11.8. The smallest absolute Gasteiger partial charge is 0.203 e. The highest BCUT2D eigenvalue weighted by atomic mass is 35.5.